The van der Waals surface area contributed by atoms with E-state index in [2.05, 4.69) is 6.92 Å². The zero-order chi connectivity index (χ0) is 46.6. The topological polar surface area (TPSA) is 228 Å². The predicted octanol–water partition coefficient (Wildman–Crippen LogP) is 3.81. The monoisotopic (exact) mass is 928 g/mol. The molecule has 0 aromatic carbocycles. The van der Waals surface area contributed by atoms with Crippen LogP contribution in [0.15, 0.2) is 33.4 Å². The van der Waals surface area contributed by atoms with E-state index in [4.69, 9.17) is 33.2 Å². The van der Waals surface area contributed by atoms with Gasteiger partial charge in [-0.1, -0.05) is 6.92 Å². The molecule has 24 atom stereocenters. The molecule has 0 amide bonds. The van der Waals surface area contributed by atoms with Gasteiger partial charge in [0, 0.05) is 11.8 Å². The number of hydrogen-bond acceptors (Lipinski definition) is 14. The van der Waals surface area contributed by atoms with E-state index in [0.29, 0.717) is 37.5 Å². The average molecular weight is 929 g/mol. The molecule has 9 heterocycles. The molecule has 13 aliphatic rings. The van der Waals surface area contributed by atoms with Crippen molar-refractivity contribution in [1.82, 2.24) is 0 Å². The number of hydrogen-bond donors (Lipinski definition) is 3. The minimum Gasteiger partial charge on any atom is -0.481 e. The van der Waals surface area contributed by atoms with Crippen LogP contribution >= 0.6 is 0 Å². The molecule has 9 aliphatic heterocycles. The molecule has 10 fully saturated rings. The van der Waals surface area contributed by atoms with Crippen LogP contribution in [0.25, 0.3) is 0 Å². The number of cyclic esters (lactones) is 2. The first-order chi connectivity index (χ1) is 31.9. The van der Waals surface area contributed by atoms with Crippen molar-refractivity contribution in [2.75, 3.05) is 13.2 Å². The number of aliphatic carboxylic acids is 2. The maximum Gasteiger partial charge on any atom is 0.317 e. The van der Waals surface area contributed by atoms with Gasteiger partial charge in [-0.15, -0.1) is 0 Å². The quantitative estimate of drug-likeness (QED) is 0.109. The number of carbonyl (C=O) groups excluding carboxylic acids is 4. The molecule has 24 unspecified atom stereocenters. The van der Waals surface area contributed by atoms with E-state index in [-0.39, 0.29) is 91.4 Å². The van der Waals surface area contributed by atoms with Gasteiger partial charge in [0.15, 0.2) is 0 Å². The van der Waals surface area contributed by atoms with Crippen LogP contribution in [0.3, 0.4) is 0 Å². The molecule has 4 aliphatic carbocycles. The van der Waals surface area contributed by atoms with Crippen molar-refractivity contribution >= 4 is 35.8 Å². The summed E-state index contributed by atoms with van der Waals surface area (Å²) in [5, 5.41) is 30.3. The number of aliphatic hydroxyl groups excluding tert-OH is 1. The zero-order valence-electron chi connectivity index (χ0n) is 38.4. The number of carboxylic acid groups (broad SMARTS) is 2. The summed E-state index contributed by atoms with van der Waals surface area (Å²) in [5.41, 5.74) is 5.92. The van der Waals surface area contributed by atoms with Crippen molar-refractivity contribution in [3.8, 4) is 0 Å². The smallest absolute Gasteiger partial charge is 0.317 e. The summed E-state index contributed by atoms with van der Waals surface area (Å²) in [7, 11) is 0. The first-order valence-corrected chi connectivity index (χ1v) is 24.9. The summed E-state index contributed by atoms with van der Waals surface area (Å²) in [6.45, 7) is 9.23. The van der Waals surface area contributed by atoms with Gasteiger partial charge in [0.25, 0.3) is 0 Å². The molecular formula is C51H60O16. The minimum absolute atomic E-state index is 0.00748. The second-order valence-corrected chi connectivity index (χ2v) is 23.6. The third kappa shape index (κ3) is 5.76. The molecule has 360 valence electrons. The minimum atomic E-state index is -1.12. The van der Waals surface area contributed by atoms with E-state index < -0.39 is 101 Å². The van der Waals surface area contributed by atoms with Gasteiger partial charge in [-0.05, 0) is 153 Å². The maximum atomic E-state index is 13.6. The van der Waals surface area contributed by atoms with Gasteiger partial charge in [-0.25, -0.2) is 0 Å². The Kier molecular flexibility index (Phi) is 9.36. The van der Waals surface area contributed by atoms with Crippen LogP contribution < -0.4 is 0 Å². The van der Waals surface area contributed by atoms with Crippen LogP contribution in [-0.4, -0.2) is 119 Å². The molecule has 16 heteroatoms. The fourth-order valence-electron chi connectivity index (χ4n) is 17.9. The number of ether oxygens (including phenoxy) is 7. The second kappa shape index (κ2) is 14.6. The van der Waals surface area contributed by atoms with Crippen LogP contribution in [0.2, 0.25) is 0 Å². The predicted molar refractivity (Wildman–Crippen MR) is 225 cm³/mol. The lowest BCUT2D eigenvalue weighted by Crippen LogP contribution is -2.47. The molecule has 0 spiro atoms. The van der Waals surface area contributed by atoms with Gasteiger partial charge >= 0.3 is 35.8 Å². The molecule has 0 aromatic rings. The summed E-state index contributed by atoms with van der Waals surface area (Å²) in [5.74, 6) is -8.50. The molecule has 0 aromatic heterocycles. The van der Waals surface area contributed by atoms with Crippen molar-refractivity contribution in [3.05, 3.63) is 33.4 Å². The van der Waals surface area contributed by atoms with E-state index in [1.54, 1.807) is 6.92 Å². The summed E-state index contributed by atoms with van der Waals surface area (Å²) >= 11 is 0. The Balaban J connectivity index is 0.888. The summed E-state index contributed by atoms with van der Waals surface area (Å²) in [6.07, 6.45) is 1.30. The van der Waals surface area contributed by atoms with Crippen LogP contribution in [-0.2, 0) is 61.9 Å². The van der Waals surface area contributed by atoms with Crippen LogP contribution in [0.4, 0.5) is 0 Å². The van der Waals surface area contributed by atoms with E-state index in [0.717, 1.165) is 35.1 Å². The van der Waals surface area contributed by atoms with E-state index in [1.165, 1.54) is 11.1 Å². The lowest BCUT2D eigenvalue weighted by molar-refractivity contribution is -0.163. The number of rotatable bonds is 12. The normalized spacial score (nSPS) is 49.5. The number of aliphatic hydroxyl groups is 1. The summed E-state index contributed by atoms with van der Waals surface area (Å²) in [6, 6.07) is 0. The van der Waals surface area contributed by atoms with Gasteiger partial charge < -0.3 is 48.5 Å². The molecule has 3 N–H and O–H groups in total. The van der Waals surface area contributed by atoms with Gasteiger partial charge in [-0.2, -0.15) is 0 Å². The highest BCUT2D eigenvalue weighted by Crippen LogP contribution is 2.71. The zero-order valence-corrected chi connectivity index (χ0v) is 38.4. The van der Waals surface area contributed by atoms with Gasteiger partial charge in [0.1, 0.15) is 12.2 Å². The van der Waals surface area contributed by atoms with E-state index in [9.17, 15) is 44.1 Å². The van der Waals surface area contributed by atoms with Crippen molar-refractivity contribution in [2.24, 2.45) is 94.7 Å². The molecule has 67 heavy (non-hydrogen) atoms. The van der Waals surface area contributed by atoms with Crippen LogP contribution in [0, 0.1) is 94.7 Å². The lowest BCUT2D eigenvalue weighted by atomic mass is 9.60. The first-order valence-electron chi connectivity index (χ1n) is 24.9. The van der Waals surface area contributed by atoms with Crippen LogP contribution in [0.5, 0.6) is 0 Å². The molecular weight excluding hydrogens is 869 g/mol. The van der Waals surface area contributed by atoms with E-state index >= 15 is 0 Å². The Morgan fingerprint density at radius 3 is 1.85 bits per heavy atom. The van der Waals surface area contributed by atoms with Crippen LogP contribution in [0.1, 0.15) is 79.6 Å². The third-order valence-corrected chi connectivity index (χ3v) is 19.9. The fourth-order valence-corrected chi connectivity index (χ4v) is 17.9. The van der Waals surface area contributed by atoms with Gasteiger partial charge in [0.2, 0.25) is 0 Å². The Morgan fingerprint density at radius 1 is 0.642 bits per heavy atom. The SMILES string of the molecule is CC1=C(CC2=C(CC3=C(CC4C(=O)OC(=O)C4C)C4OC3C3C5CC(C(C(=O)O)C5C(=O)O)C43)C3OC2C2C4CC(C(=O)OCCO)C(O4)C32)C2OC1C1C3CC(C(=O)OC(C)(C)C)C(C3)C21. The Morgan fingerprint density at radius 2 is 1.22 bits per heavy atom. The molecule has 12 bridgehead atoms. The van der Waals surface area contributed by atoms with Crippen molar-refractivity contribution < 1.29 is 77.2 Å². The number of carbonyl (C=O) groups is 6. The van der Waals surface area contributed by atoms with Gasteiger partial charge in [-0.3, -0.25) is 28.8 Å². The Labute approximate surface area is 387 Å². The summed E-state index contributed by atoms with van der Waals surface area (Å²) in [4.78, 5) is 78.7. The number of carboxylic acids is 2. The fraction of sp³-hybridized carbons (Fsp3) is 0.765. The van der Waals surface area contributed by atoms with Gasteiger partial charge in [0.05, 0.1) is 90.9 Å². The van der Waals surface area contributed by atoms with Crippen molar-refractivity contribution in [2.45, 2.75) is 134 Å². The largest absolute Gasteiger partial charge is 0.481 e. The summed E-state index contributed by atoms with van der Waals surface area (Å²) < 4.78 is 44.3. The second-order valence-electron chi connectivity index (χ2n) is 23.6. The molecule has 13 rings (SSSR count). The molecule has 0 radical (unpaired) electrons. The Bertz CT molecular complexity index is 2390. The first kappa shape index (κ1) is 43.1. The standard InChI is InChI=1S/C51H60O16/c1-15-18(39-31-20-8-17(30(31)38(15)63-39)9-25(20)50(60)67-51(3,4)5)10-21-24(43-37-36(42(21)65-43)29-14-28(44(37)62-29)48(58)61-7-6-52)12-23-22(11-19-16(2)47(57)66-49(19)59)40-32-26-13-27(33(32)41(23)64-40)35(46(55)56)34(26)45(53)54/h16-17,19-20,25-44,52H,6-14H2,1-5H3,(H,53,54)(H,55,56). The Hall–Kier alpha value is -3.96. The maximum absolute atomic E-state index is 13.6. The number of esters is 4. The highest BCUT2D eigenvalue weighted by molar-refractivity contribution is 5.96. The highest BCUT2D eigenvalue weighted by atomic mass is 16.6. The lowest BCUT2D eigenvalue weighted by Gasteiger charge is -2.41. The highest BCUT2D eigenvalue weighted by Gasteiger charge is 2.73. The van der Waals surface area contributed by atoms with Crippen molar-refractivity contribution in [3.63, 3.8) is 0 Å². The third-order valence-electron chi connectivity index (χ3n) is 19.9. The molecule has 16 nitrogen and oxygen atoms in total. The molecule has 6 saturated heterocycles. The molecule has 4 saturated carbocycles. The average Bonchev–Trinajstić information content (AvgIpc) is 4.10. The van der Waals surface area contributed by atoms with E-state index in [1.807, 2.05) is 20.8 Å². The van der Waals surface area contributed by atoms with Crippen molar-refractivity contribution in [1.29, 1.82) is 0 Å². The number of fused-ring (bicyclic) bond motifs is 27.